The van der Waals surface area contributed by atoms with E-state index >= 15 is 0 Å². The topological polar surface area (TPSA) is 37.4 Å². The second-order valence-corrected chi connectivity index (χ2v) is 6.10. The zero-order chi connectivity index (χ0) is 13.1. The van der Waals surface area contributed by atoms with Gasteiger partial charge in [0, 0.05) is 13.6 Å². The number of aryl methyl sites for hydroxylation is 1. The Morgan fingerprint density at radius 3 is 2.59 bits per heavy atom. The Morgan fingerprint density at radius 1 is 1.35 bits per heavy atom. The van der Waals surface area contributed by atoms with E-state index in [0.29, 0.717) is 12.1 Å². The summed E-state index contributed by atoms with van der Waals surface area (Å²) in [6.07, 6.45) is 1.71. The number of hydrogen-bond donors (Lipinski definition) is 0. The maximum atomic E-state index is 13.1. The van der Waals surface area contributed by atoms with E-state index in [0.717, 1.165) is 18.9 Å². The molecule has 0 aliphatic heterocycles. The molecule has 0 heterocycles. The van der Waals surface area contributed by atoms with Crippen LogP contribution in [0.3, 0.4) is 0 Å². The minimum Gasteiger partial charge on any atom is -0.207 e. The Morgan fingerprint density at radius 2 is 2.00 bits per heavy atom. The third kappa shape index (κ3) is 3.26. The van der Waals surface area contributed by atoms with Crippen LogP contribution in [0.25, 0.3) is 0 Å². The number of halogens is 1. The van der Waals surface area contributed by atoms with Gasteiger partial charge in [-0.3, -0.25) is 0 Å². The van der Waals surface area contributed by atoms with E-state index in [-0.39, 0.29) is 4.90 Å². The molecule has 5 heteroatoms. The molecule has 0 saturated carbocycles. The molecule has 1 aromatic rings. The van der Waals surface area contributed by atoms with Crippen molar-refractivity contribution in [3.63, 3.8) is 0 Å². The zero-order valence-electron chi connectivity index (χ0n) is 10.4. The molecule has 0 aromatic heterocycles. The molecule has 0 spiro atoms. The molecule has 0 radical (unpaired) electrons. The normalized spacial score (nSPS) is 12.1. The summed E-state index contributed by atoms with van der Waals surface area (Å²) in [7, 11) is -2.05. The molecule has 0 fully saturated rings. The van der Waals surface area contributed by atoms with Crippen molar-refractivity contribution in [1.82, 2.24) is 4.31 Å². The van der Waals surface area contributed by atoms with Crippen LogP contribution in [0.15, 0.2) is 23.1 Å². The largest absolute Gasteiger partial charge is 0.243 e. The molecule has 0 atom stereocenters. The fraction of sp³-hybridized carbons (Fsp3) is 0.500. The first-order valence-corrected chi connectivity index (χ1v) is 7.06. The summed E-state index contributed by atoms with van der Waals surface area (Å²) in [4.78, 5) is 0.0519. The Hall–Kier alpha value is -0.940. The minimum atomic E-state index is -3.57. The molecule has 0 amide bonds. The van der Waals surface area contributed by atoms with Gasteiger partial charge in [-0.1, -0.05) is 19.4 Å². The van der Waals surface area contributed by atoms with Crippen LogP contribution in [0, 0.1) is 12.7 Å². The molecule has 3 nitrogen and oxygen atoms in total. The molecule has 0 unspecified atom stereocenters. The van der Waals surface area contributed by atoms with Crippen LogP contribution in [-0.4, -0.2) is 26.3 Å². The molecule has 17 heavy (non-hydrogen) atoms. The van der Waals surface area contributed by atoms with E-state index in [9.17, 15) is 12.8 Å². The highest BCUT2D eigenvalue weighted by Crippen LogP contribution is 2.20. The smallest absolute Gasteiger partial charge is 0.207 e. The van der Waals surface area contributed by atoms with E-state index in [2.05, 4.69) is 0 Å². The molecular weight excluding hydrogens is 241 g/mol. The highest BCUT2D eigenvalue weighted by atomic mass is 32.2. The van der Waals surface area contributed by atoms with Crippen molar-refractivity contribution < 1.29 is 12.8 Å². The van der Waals surface area contributed by atoms with E-state index in [1.165, 1.54) is 23.5 Å². The summed E-state index contributed by atoms with van der Waals surface area (Å²) in [5.41, 5.74) is 0.565. The fourth-order valence-electron chi connectivity index (χ4n) is 1.52. The van der Waals surface area contributed by atoms with Gasteiger partial charge in [0.15, 0.2) is 0 Å². The quantitative estimate of drug-likeness (QED) is 0.815. The Balaban J connectivity index is 3.08. The van der Waals surface area contributed by atoms with Gasteiger partial charge in [0.2, 0.25) is 10.0 Å². The van der Waals surface area contributed by atoms with Crippen molar-refractivity contribution in [1.29, 1.82) is 0 Å². The maximum absolute atomic E-state index is 13.1. The zero-order valence-corrected chi connectivity index (χ0v) is 11.2. The van der Waals surface area contributed by atoms with Gasteiger partial charge >= 0.3 is 0 Å². The number of unbranched alkanes of at least 4 members (excludes halogenated alkanes) is 1. The molecule has 0 N–H and O–H groups in total. The lowest BCUT2D eigenvalue weighted by molar-refractivity contribution is 0.458. The minimum absolute atomic E-state index is 0.0519. The first kappa shape index (κ1) is 14.1. The van der Waals surface area contributed by atoms with Gasteiger partial charge < -0.3 is 0 Å². The van der Waals surface area contributed by atoms with Crippen LogP contribution in [-0.2, 0) is 10.0 Å². The van der Waals surface area contributed by atoms with Crippen molar-refractivity contribution in [2.75, 3.05) is 13.6 Å². The van der Waals surface area contributed by atoms with Crippen LogP contribution in [0.2, 0.25) is 0 Å². The maximum Gasteiger partial charge on any atom is 0.243 e. The summed E-state index contributed by atoms with van der Waals surface area (Å²) < 4.78 is 38.7. The van der Waals surface area contributed by atoms with Crippen molar-refractivity contribution >= 4 is 10.0 Å². The number of nitrogens with zero attached hydrogens (tertiary/aromatic N) is 1. The summed E-state index contributed by atoms with van der Waals surface area (Å²) >= 11 is 0. The van der Waals surface area contributed by atoms with Crippen LogP contribution >= 0.6 is 0 Å². The molecule has 0 bridgehead atoms. The lowest BCUT2D eigenvalue weighted by Crippen LogP contribution is -2.28. The van der Waals surface area contributed by atoms with Crippen molar-refractivity contribution in [3.8, 4) is 0 Å². The van der Waals surface area contributed by atoms with E-state index in [1.807, 2.05) is 6.92 Å². The lowest BCUT2D eigenvalue weighted by atomic mass is 10.2. The molecule has 0 aliphatic carbocycles. The van der Waals surface area contributed by atoms with Gasteiger partial charge in [0.1, 0.15) is 5.82 Å². The first-order valence-electron chi connectivity index (χ1n) is 5.62. The number of rotatable bonds is 5. The van der Waals surface area contributed by atoms with Gasteiger partial charge in [0.05, 0.1) is 4.90 Å². The van der Waals surface area contributed by atoms with Crippen LogP contribution in [0.4, 0.5) is 4.39 Å². The fourth-order valence-corrected chi connectivity index (χ4v) is 2.96. The average Bonchev–Trinajstić information content (AvgIpc) is 2.28. The molecule has 1 aromatic carbocycles. The van der Waals surface area contributed by atoms with E-state index < -0.39 is 15.8 Å². The standard InChI is InChI=1S/C12H18FNO2S/c1-4-5-8-14(3)17(15,16)12-9-11(13)7-6-10(12)2/h6-7,9H,4-5,8H2,1-3H3. The summed E-state index contributed by atoms with van der Waals surface area (Å²) in [6, 6.07) is 3.82. The third-order valence-electron chi connectivity index (χ3n) is 2.66. The van der Waals surface area contributed by atoms with Crippen molar-refractivity contribution in [3.05, 3.63) is 29.6 Å². The van der Waals surface area contributed by atoms with Crippen molar-refractivity contribution in [2.24, 2.45) is 0 Å². The van der Waals surface area contributed by atoms with Gasteiger partial charge in [-0.05, 0) is 31.0 Å². The van der Waals surface area contributed by atoms with Gasteiger partial charge in [-0.25, -0.2) is 17.1 Å². The van der Waals surface area contributed by atoms with Gasteiger partial charge in [-0.2, -0.15) is 0 Å². The van der Waals surface area contributed by atoms with E-state index in [4.69, 9.17) is 0 Å². The third-order valence-corrected chi connectivity index (χ3v) is 4.66. The summed E-state index contributed by atoms with van der Waals surface area (Å²) in [6.45, 7) is 4.11. The van der Waals surface area contributed by atoms with Gasteiger partial charge in [0.25, 0.3) is 0 Å². The lowest BCUT2D eigenvalue weighted by Gasteiger charge is -2.18. The highest BCUT2D eigenvalue weighted by Gasteiger charge is 2.22. The Bertz CT molecular complexity index is 485. The van der Waals surface area contributed by atoms with E-state index in [1.54, 1.807) is 6.92 Å². The molecule has 0 saturated heterocycles. The second-order valence-electron chi connectivity index (χ2n) is 4.09. The summed E-state index contributed by atoms with van der Waals surface area (Å²) in [5.74, 6) is -0.530. The van der Waals surface area contributed by atoms with Crippen molar-refractivity contribution in [2.45, 2.75) is 31.6 Å². The summed E-state index contributed by atoms with van der Waals surface area (Å²) in [5, 5.41) is 0. The number of benzene rings is 1. The predicted molar refractivity (Wildman–Crippen MR) is 65.9 cm³/mol. The SMILES string of the molecule is CCCCN(C)S(=O)(=O)c1cc(F)ccc1C. The average molecular weight is 259 g/mol. The Labute approximate surface area is 102 Å². The Kier molecular flexibility index (Phi) is 4.65. The predicted octanol–water partition coefficient (Wildman–Crippen LogP) is 2.55. The van der Waals surface area contributed by atoms with Crippen LogP contribution in [0.1, 0.15) is 25.3 Å². The first-order chi connectivity index (χ1) is 7.89. The molecule has 1 rings (SSSR count). The monoisotopic (exact) mass is 259 g/mol. The van der Waals surface area contributed by atoms with Crippen LogP contribution < -0.4 is 0 Å². The van der Waals surface area contributed by atoms with Gasteiger partial charge in [-0.15, -0.1) is 0 Å². The molecular formula is C12H18FNO2S. The highest BCUT2D eigenvalue weighted by molar-refractivity contribution is 7.89. The molecule has 96 valence electrons. The number of hydrogen-bond acceptors (Lipinski definition) is 2. The second kappa shape index (κ2) is 5.60. The molecule has 0 aliphatic rings. The van der Waals surface area contributed by atoms with Crippen LogP contribution in [0.5, 0.6) is 0 Å². The number of sulfonamides is 1.